The number of aromatic hydroxyl groups is 1. The number of carbonyl (C=O) groups excluding carboxylic acids is 2. The number of imide groups is 1. The number of phenolic OH excluding ortho intramolecular Hbond substituents is 1. The van der Waals surface area contributed by atoms with Crippen LogP contribution in [0.25, 0.3) is 0 Å². The summed E-state index contributed by atoms with van der Waals surface area (Å²) in [6.07, 6.45) is 0.226. The quantitative estimate of drug-likeness (QED) is 0.845. The van der Waals surface area contributed by atoms with Crippen LogP contribution in [-0.4, -0.2) is 54.0 Å². The average Bonchev–Trinajstić information content (AvgIpc) is 2.96. The lowest BCUT2D eigenvalue weighted by Gasteiger charge is -2.38. The molecule has 0 aromatic heterocycles. The van der Waals surface area contributed by atoms with Crippen molar-refractivity contribution in [2.24, 2.45) is 0 Å². The van der Waals surface area contributed by atoms with Crippen molar-refractivity contribution in [2.45, 2.75) is 19.4 Å². The van der Waals surface area contributed by atoms with Gasteiger partial charge in [-0.15, -0.1) is 0 Å². The van der Waals surface area contributed by atoms with Gasteiger partial charge in [0.1, 0.15) is 5.75 Å². The van der Waals surface area contributed by atoms with Crippen molar-refractivity contribution in [1.82, 2.24) is 4.90 Å². The van der Waals surface area contributed by atoms with E-state index in [9.17, 15) is 14.7 Å². The molecule has 1 atom stereocenters. The summed E-state index contributed by atoms with van der Waals surface area (Å²) in [5, 5.41) is 10.0. The molecule has 6 nitrogen and oxygen atoms in total. The first-order valence-corrected chi connectivity index (χ1v) is 9.25. The fourth-order valence-electron chi connectivity index (χ4n) is 3.95. The molecule has 2 fully saturated rings. The van der Waals surface area contributed by atoms with Gasteiger partial charge >= 0.3 is 0 Å². The molecule has 0 unspecified atom stereocenters. The van der Waals surface area contributed by atoms with Gasteiger partial charge in [0.05, 0.1) is 23.8 Å². The third-order valence-corrected chi connectivity index (χ3v) is 5.36. The van der Waals surface area contributed by atoms with Crippen LogP contribution in [0.15, 0.2) is 48.5 Å². The summed E-state index contributed by atoms with van der Waals surface area (Å²) in [5.74, 6) is -0.0102. The predicted octanol–water partition coefficient (Wildman–Crippen LogP) is 2.15. The molecule has 0 aliphatic carbocycles. The molecule has 2 aliphatic heterocycles. The summed E-state index contributed by atoms with van der Waals surface area (Å²) in [6.45, 7) is 4.73. The topological polar surface area (TPSA) is 64.1 Å². The van der Waals surface area contributed by atoms with Crippen molar-refractivity contribution in [3.8, 4) is 5.75 Å². The Morgan fingerprint density at radius 3 is 2.41 bits per heavy atom. The average molecular weight is 365 g/mol. The van der Waals surface area contributed by atoms with Crippen molar-refractivity contribution < 1.29 is 14.7 Å². The number of hydrogen-bond donors (Lipinski definition) is 1. The molecule has 2 saturated heterocycles. The van der Waals surface area contributed by atoms with E-state index in [1.54, 1.807) is 18.2 Å². The molecular weight excluding hydrogens is 342 g/mol. The van der Waals surface area contributed by atoms with Gasteiger partial charge in [-0.3, -0.25) is 14.5 Å². The van der Waals surface area contributed by atoms with E-state index >= 15 is 0 Å². The van der Waals surface area contributed by atoms with Gasteiger partial charge in [0.25, 0.3) is 5.91 Å². The predicted molar refractivity (Wildman–Crippen MR) is 104 cm³/mol. The Morgan fingerprint density at radius 2 is 1.70 bits per heavy atom. The van der Waals surface area contributed by atoms with Crippen molar-refractivity contribution in [3.05, 3.63) is 54.1 Å². The number of phenols is 1. The summed E-state index contributed by atoms with van der Waals surface area (Å²) in [6, 6.07) is 14.4. The highest BCUT2D eigenvalue weighted by atomic mass is 16.3. The SMILES string of the molecule is Cc1cccc(N2C(=O)C[C@H](N3CCN(c4ccccc4O)CC3)C2=O)c1. The molecule has 0 saturated carbocycles. The number of benzene rings is 2. The zero-order valence-corrected chi connectivity index (χ0v) is 15.3. The fourth-order valence-corrected chi connectivity index (χ4v) is 3.95. The normalized spacial score (nSPS) is 21.1. The third-order valence-electron chi connectivity index (χ3n) is 5.36. The van der Waals surface area contributed by atoms with Gasteiger partial charge in [-0.05, 0) is 36.8 Å². The zero-order chi connectivity index (χ0) is 19.0. The van der Waals surface area contributed by atoms with Crippen LogP contribution < -0.4 is 9.80 Å². The molecule has 1 N–H and O–H groups in total. The number of nitrogens with zero attached hydrogens (tertiary/aromatic N) is 3. The van der Waals surface area contributed by atoms with Gasteiger partial charge in [-0.25, -0.2) is 4.90 Å². The molecule has 2 heterocycles. The zero-order valence-electron chi connectivity index (χ0n) is 15.3. The molecule has 140 valence electrons. The van der Waals surface area contributed by atoms with Gasteiger partial charge in [0.2, 0.25) is 5.91 Å². The van der Waals surface area contributed by atoms with Crippen LogP contribution in [0.4, 0.5) is 11.4 Å². The highest BCUT2D eigenvalue weighted by Crippen LogP contribution is 2.30. The summed E-state index contributed by atoms with van der Waals surface area (Å²) in [7, 11) is 0. The van der Waals surface area contributed by atoms with Crippen LogP contribution in [0.3, 0.4) is 0 Å². The largest absolute Gasteiger partial charge is 0.506 e. The summed E-state index contributed by atoms with van der Waals surface area (Å²) in [5.41, 5.74) is 2.49. The number of amides is 2. The van der Waals surface area contributed by atoms with Crippen LogP contribution >= 0.6 is 0 Å². The number of rotatable bonds is 3. The monoisotopic (exact) mass is 365 g/mol. The van der Waals surface area contributed by atoms with Gasteiger partial charge in [-0.2, -0.15) is 0 Å². The van der Waals surface area contributed by atoms with Crippen molar-refractivity contribution >= 4 is 23.2 Å². The first-order valence-electron chi connectivity index (χ1n) is 9.25. The maximum absolute atomic E-state index is 12.9. The van der Waals surface area contributed by atoms with Crippen molar-refractivity contribution in [2.75, 3.05) is 36.0 Å². The molecule has 2 aromatic carbocycles. The molecule has 0 spiro atoms. The second-order valence-corrected chi connectivity index (χ2v) is 7.14. The number of anilines is 2. The van der Waals surface area contributed by atoms with Crippen LogP contribution in [0, 0.1) is 6.92 Å². The van der Waals surface area contributed by atoms with Crippen LogP contribution in [0.2, 0.25) is 0 Å². The van der Waals surface area contributed by atoms with Gasteiger partial charge < -0.3 is 10.0 Å². The summed E-state index contributed by atoms with van der Waals surface area (Å²) < 4.78 is 0. The van der Waals surface area contributed by atoms with Crippen LogP contribution in [0.1, 0.15) is 12.0 Å². The first-order chi connectivity index (χ1) is 13.0. The fraction of sp³-hybridized carbons (Fsp3) is 0.333. The lowest BCUT2D eigenvalue weighted by atomic mass is 10.1. The molecule has 4 rings (SSSR count). The van der Waals surface area contributed by atoms with Gasteiger partial charge in [0.15, 0.2) is 0 Å². The van der Waals surface area contributed by atoms with Crippen LogP contribution in [-0.2, 0) is 9.59 Å². The van der Waals surface area contributed by atoms with Gasteiger partial charge in [0, 0.05) is 26.2 Å². The van der Waals surface area contributed by atoms with E-state index in [1.165, 1.54) is 4.90 Å². The van der Waals surface area contributed by atoms with Crippen molar-refractivity contribution in [3.63, 3.8) is 0 Å². The summed E-state index contributed by atoms with van der Waals surface area (Å²) in [4.78, 5) is 31.0. The van der Waals surface area contributed by atoms with E-state index in [-0.39, 0.29) is 24.0 Å². The smallest absolute Gasteiger partial charge is 0.251 e. The number of carbonyl (C=O) groups is 2. The van der Waals surface area contributed by atoms with E-state index in [4.69, 9.17) is 0 Å². The Hall–Kier alpha value is -2.86. The number of aryl methyl sites for hydroxylation is 1. The molecule has 2 amide bonds. The Kier molecular flexibility index (Phi) is 4.58. The molecular formula is C21H23N3O3. The number of piperazine rings is 1. The minimum absolute atomic E-state index is 0.137. The Labute approximate surface area is 158 Å². The molecule has 2 aromatic rings. The van der Waals surface area contributed by atoms with E-state index < -0.39 is 6.04 Å². The molecule has 6 heteroatoms. The van der Waals surface area contributed by atoms with Crippen molar-refractivity contribution in [1.29, 1.82) is 0 Å². The molecule has 27 heavy (non-hydrogen) atoms. The maximum atomic E-state index is 12.9. The second-order valence-electron chi connectivity index (χ2n) is 7.14. The van der Waals surface area contributed by atoms with E-state index in [1.807, 2.05) is 37.3 Å². The van der Waals surface area contributed by atoms with E-state index in [0.717, 1.165) is 11.3 Å². The molecule has 2 aliphatic rings. The second kappa shape index (κ2) is 7.04. The maximum Gasteiger partial charge on any atom is 0.251 e. The standard InChI is InChI=1S/C21H23N3O3/c1-15-5-4-6-16(13-15)24-20(26)14-18(21(24)27)23-11-9-22(10-12-23)17-7-2-3-8-19(17)25/h2-8,13,18,25H,9-12,14H2,1H3/t18-/m0/s1. The van der Waals surface area contributed by atoms with E-state index in [0.29, 0.717) is 31.9 Å². The van der Waals surface area contributed by atoms with Gasteiger partial charge in [-0.1, -0.05) is 24.3 Å². The number of hydrogen-bond acceptors (Lipinski definition) is 5. The highest BCUT2D eigenvalue weighted by Gasteiger charge is 2.43. The Morgan fingerprint density at radius 1 is 0.963 bits per heavy atom. The molecule has 0 bridgehead atoms. The van der Waals surface area contributed by atoms with E-state index in [2.05, 4.69) is 9.80 Å². The van der Waals surface area contributed by atoms with Crippen LogP contribution in [0.5, 0.6) is 5.75 Å². The minimum Gasteiger partial charge on any atom is -0.506 e. The first kappa shape index (κ1) is 17.5. The lowest BCUT2D eigenvalue weighted by Crippen LogP contribution is -2.52. The lowest BCUT2D eigenvalue weighted by molar-refractivity contribution is -0.123. The highest BCUT2D eigenvalue weighted by molar-refractivity contribution is 6.22. The molecule has 0 radical (unpaired) electrons. The third kappa shape index (κ3) is 3.28. The Bertz CT molecular complexity index is 874. The number of para-hydroxylation sites is 2. The minimum atomic E-state index is -0.399. The Balaban J connectivity index is 1.45. The summed E-state index contributed by atoms with van der Waals surface area (Å²) >= 11 is 0.